The summed E-state index contributed by atoms with van der Waals surface area (Å²) < 4.78 is 21.0. The summed E-state index contributed by atoms with van der Waals surface area (Å²) in [6.45, 7) is 4.41. The molecule has 0 radical (unpaired) electrons. The number of nitriles is 1. The molecule has 3 heterocycles. The maximum absolute atomic E-state index is 15.1. The zero-order chi connectivity index (χ0) is 32.1. The van der Waals surface area contributed by atoms with Gasteiger partial charge in [0.05, 0.1) is 12.1 Å². The molecule has 2 unspecified atom stereocenters. The molecule has 0 aliphatic carbocycles. The van der Waals surface area contributed by atoms with E-state index in [0.717, 1.165) is 36.6 Å². The molecule has 2 aromatic carbocycles. The molecule has 2 aliphatic rings. The molecule has 2 saturated heterocycles. The predicted octanol–water partition coefficient (Wildman–Crippen LogP) is 3.19. The first-order chi connectivity index (χ1) is 21.6. The average Bonchev–Trinajstić information content (AvgIpc) is 3.02. The lowest BCUT2D eigenvalue weighted by molar-refractivity contribution is -0.131. The van der Waals surface area contributed by atoms with Crippen LogP contribution in [0.3, 0.4) is 0 Å². The number of piperidine rings is 2. The van der Waals surface area contributed by atoms with Crippen LogP contribution in [0.4, 0.5) is 16.0 Å². The number of carbonyl (C=O) groups excluding carboxylic acids is 1. The number of hydrogen-bond acceptors (Lipinski definition) is 11. The second kappa shape index (κ2) is 13.9. The fourth-order valence-corrected chi connectivity index (χ4v) is 5.84. The Morgan fingerprint density at radius 2 is 1.96 bits per heavy atom. The molecule has 5 rings (SSSR count). The second-order valence-corrected chi connectivity index (χ2v) is 11.7. The Balaban J connectivity index is 1.24. The van der Waals surface area contributed by atoms with E-state index >= 15 is 4.39 Å². The van der Waals surface area contributed by atoms with Crippen LogP contribution in [0, 0.1) is 18.3 Å². The van der Waals surface area contributed by atoms with Crippen LogP contribution in [-0.2, 0) is 4.79 Å². The van der Waals surface area contributed by atoms with Crippen molar-refractivity contribution in [2.75, 3.05) is 45.6 Å². The molecule has 5 N–H and O–H groups in total. The highest BCUT2D eigenvalue weighted by Crippen LogP contribution is 2.32. The summed E-state index contributed by atoms with van der Waals surface area (Å²) in [4.78, 5) is 29.4. The van der Waals surface area contributed by atoms with Crippen molar-refractivity contribution < 1.29 is 13.9 Å². The number of nitrogens with two attached hydrogens (primary N) is 2. The number of aryl methyl sites for hydroxylation is 1. The van der Waals surface area contributed by atoms with E-state index in [1.807, 2.05) is 6.07 Å². The molecule has 13 heteroatoms. The number of alkyl halides is 1. The summed E-state index contributed by atoms with van der Waals surface area (Å²) in [5.74, 6) is 6.57. The summed E-state index contributed by atoms with van der Waals surface area (Å²) >= 11 is 0. The van der Waals surface area contributed by atoms with Gasteiger partial charge in [-0.15, -0.1) is 0 Å². The molecular formula is C32H39FN10O2. The van der Waals surface area contributed by atoms with Crippen LogP contribution >= 0.6 is 0 Å². The van der Waals surface area contributed by atoms with Gasteiger partial charge in [-0.1, -0.05) is 6.07 Å². The highest BCUT2D eigenvalue weighted by atomic mass is 19.1. The average molecular weight is 615 g/mol. The van der Waals surface area contributed by atoms with Gasteiger partial charge in [0.15, 0.2) is 12.0 Å². The van der Waals surface area contributed by atoms with Gasteiger partial charge in [-0.3, -0.25) is 4.79 Å². The van der Waals surface area contributed by atoms with Crippen molar-refractivity contribution in [3.05, 3.63) is 71.3 Å². The van der Waals surface area contributed by atoms with Crippen LogP contribution in [0.1, 0.15) is 41.9 Å². The molecule has 1 amide bonds. The van der Waals surface area contributed by atoms with Crippen molar-refractivity contribution in [1.29, 1.82) is 5.26 Å². The number of benzene rings is 2. The maximum Gasteiger partial charge on any atom is 0.271 e. The van der Waals surface area contributed by atoms with Gasteiger partial charge in [-0.25, -0.2) is 20.2 Å². The standard InChI is InChI=1S/C32H39FN10O2/c1-20-14-24(5-6-25(20)21-8-11-41(2)12-9-21)39-32-38-19-37-30(40-32)22-4-7-28(23(15-22)16-34)45-29-10-13-43(17-26(29)33)31(44)27(35)18-42(3)36/h4-7,14-15,18-19,21,26,29H,8-13,17,35-36H2,1-3H3,(H,37,38,39,40)/b27-18-. The van der Waals surface area contributed by atoms with Crippen LogP contribution in [-0.4, -0.2) is 88.2 Å². The molecule has 0 bridgehead atoms. The Morgan fingerprint density at radius 3 is 2.64 bits per heavy atom. The van der Waals surface area contributed by atoms with Gasteiger partial charge in [0.25, 0.3) is 5.91 Å². The molecule has 2 atom stereocenters. The van der Waals surface area contributed by atoms with E-state index in [0.29, 0.717) is 23.3 Å². The van der Waals surface area contributed by atoms with Crippen molar-refractivity contribution in [2.45, 2.75) is 44.4 Å². The molecule has 2 fully saturated rings. The highest BCUT2D eigenvalue weighted by molar-refractivity contribution is 5.92. The Bertz CT molecular complexity index is 1600. The number of nitrogens with zero attached hydrogens (tertiary/aromatic N) is 7. The van der Waals surface area contributed by atoms with Gasteiger partial charge in [0.1, 0.15) is 29.9 Å². The Labute approximate surface area is 262 Å². The molecule has 1 aromatic heterocycles. The Kier molecular flexibility index (Phi) is 9.75. The third kappa shape index (κ3) is 7.65. The topological polar surface area (TPSA) is 163 Å². The minimum atomic E-state index is -1.48. The number of likely N-dealkylation sites (tertiary alicyclic amines) is 2. The lowest BCUT2D eigenvalue weighted by Gasteiger charge is -2.35. The number of carbonyl (C=O) groups is 1. The molecule has 0 saturated carbocycles. The van der Waals surface area contributed by atoms with Crippen LogP contribution in [0.2, 0.25) is 0 Å². The number of ether oxygens (including phenoxy) is 1. The van der Waals surface area contributed by atoms with Gasteiger partial charge >= 0.3 is 0 Å². The van der Waals surface area contributed by atoms with Crippen molar-refractivity contribution in [1.82, 2.24) is 29.8 Å². The number of aromatic nitrogens is 3. The molecule has 3 aromatic rings. The summed E-state index contributed by atoms with van der Waals surface area (Å²) in [7, 11) is 3.70. The maximum atomic E-state index is 15.1. The summed E-state index contributed by atoms with van der Waals surface area (Å²) in [5, 5.41) is 14.3. The van der Waals surface area contributed by atoms with Crippen LogP contribution in [0.15, 0.2) is 54.6 Å². The van der Waals surface area contributed by atoms with Crippen LogP contribution in [0.5, 0.6) is 5.75 Å². The Morgan fingerprint density at radius 1 is 1.18 bits per heavy atom. The van der Waals surface area contributed by atoms with Crippen molar-refractivity contribution in [2.24, 2.45) is 11.6 Å². The number of halogens is 1. The van der Waals surface area contributed by atoms with Crippen molar-refractivity contribution >= 4 is 17.5 Å². The third-order valence-electron chi connectivity index (χ3n) is 8.25. The van der Waals surface area contributed by atoms with Crippen molar-refractivity contribution in [3.63, 3.8) is 0 Å². The van der Waals surface area contributed by atoms with E-state index in [4.69, 9.17) is 16.3 Å². The highest BCUT2D eigenvalue weighted by Gasteiger charge is 2.34. The van der Waals surface area contributed by atoms with Gasteiger partial charge in [-0.2, -0.15) is 10.2 Å². The Hall–Kier alpha value is -4.80. The fourth-order valence-electron chi connectivity index (χ4n) is 5.84. The fraction of sp³-hybridized carbons (Fsp3) is 0.406. The number of amides is 1. The van der Waals surface area contributed by atoms with E-state index in [-0.39, 0.29) is 36.5 Å². The number of hydrogen-bond donors (Lipinski definition) is 3. The summed E-state index contributed by atoms with van der Waals surface area (Å²) in [5.41, 5.74) is 9.98. The van der Waals surface area contributed by atoms with Crippen molar-refractivity contribution in [3.8, 4) is 23.2 Å². The van der Waals surface area contributed by atoms with E-state index in [2.05, 4.69) is 57.3 Å². The molecule has 2 aliphatic heterocycles. The van der Waals surface area contributed by atoms with Crippen LogP contribution in [0.25, 0.3) is 11.4 Å². The van der Waals surface area contributed by atoms with E-state index in [1.165, 1.54) is 35.6 Å². The number of anilines is 2. The van der Waals surface area contributed by atoms with Gasteiger partial charge in [0, 0.05) is 37.5 Å². The van der Waals surface area contributed by atoms with Gasteiger partial charge < -0.3 is 30.6 Å². The van der Waals surface area contributed by atoms with E-state index in [1.54, 1.807) is 18.2 Å². The molecule has 12 nitrogen and oxygen atoms in total. The lowest BCUT2D eigenvalue weighted by Crippen LogP contribution is -2.50. The number of hydrazine groups is 1. The van der Waals surface area contributed by atoms with E-state index in [9.17, 15) is 10.1 Å². The van der Waals surface area contributed by atoms with Crippen LogP contribution < -0.4 is 21.6 Å². The molecule has 0 spiro atoms. The van der Waals surface area contributed by atoms with E-state index < -0.39 is 18.2 Å². The van der Waals surface area contributed by atoms with Gasteiger partial charge in [0.2, 0.25) is 5.95 Å². The minimum absolute atomic E-state index is 0.0818. The largest absolute Gasteiger partial charge is 0.486 e. The SMILES string of the molecule is Cc1cc(Nc2ncnc(-c3ccc(OC4CCN(C(=O)/C(N)=C/N(C)N)CC4F)c(C#N)c3)n2)ccc1C1CCN(C)CC1. The first kappa shape index (κ1) is 31.6. The zero-order valence-electron chi connectivity index (χ0n) is 25.8. The number of nitrogens with one attached hydrogen (secondary N) is 1. The normalized spacial score (nSPS) is 19.6. The quantitative estimate of drug-likeness (QED) is 0.194. The molecule has 236 valence electrons. The monoisotopic (exact) mass is 614 g/mol. The molecule has 45 heavy (non-hydrogen) atoms. The predicted molar refractivity (Wildman–Crippen MR) is 169 cm³/mol. The van der Waals surface area contributed by atoms with Gasteiger partial charge in [-0.05, 0) is 87.3 Å². The first-order valence-electron chi connectivity index (χ1n) is 15.0. The molecular weight excluding hydrogens is 575 g/mol. The lowest BCUT2D eigenvalue weighted by atomic mass is 9.87. The number of rotatable bonds is 8. The third-order valence-corrected chi connectivity index (χ3v) is 8.25. The summed E-state index contributed by atoms with van der Waals surface area (Å²) in [6.07, 6.45) is 2.92. The first-order valence-corrected chi connectivity index (χ1v) is 15.0. The second-order valence-electron chi connectivity index (χ2n) is 11.7. The minimum Gasteiger partial charge on any atom is -0.486 e. The summed E-state index contributed by atoms with van der Waals surface area (Å²) in [6, 6.07) is 13.4. The smallest absolute Gasteiger partial charge is 0.271 e. The zero-order valence-corrected chi connectivity index (χ0v) is 25.8.